The van der Waals surface area contributed by atoms with Crippen molar-refractivity contribution in [3.63, 3.8) is 0 Å². The highest BCUT2D eigenvalue weighted by Crippen LogP contribution is 2.25. The molecule has 3 rings (SSSR count). The number of nitrogens with zero attached hydrogens (tertiary/aromatic N) is 1. The van der Waals surface area contributed by atoms with Gasteiger partial charge in [0, 0.05) is 0 Å². The van der Waals surface area contributed by atoms with E-state index in [9.17, 15) is 18.8 Å². The van der Waals surface area contributed by atoms with Crippen molar-refractivity contribution < 1.29 is 32.7 Å². The number of likely N-dealkylation sites (tertiary alicyclic amines) is 1. The molecule has 0 saturated carbocycles. The Kier molecular flexibility index (Phi) is 8.76. The molecule has 1 aliphatic rings. The summed E-state index contributed by atoms with van der Waals surface area (Å²) in [4.78, 5) is 38.0. The van der Waals surface area contributed by atoms with E-state index in [1.807, 2.05) is 30.3 Å². The van der Waals surface area contributed by atoms with Crippen molar-refractivity contribution in [2.75, 3.05) is 38.6 Å². The van der Waals surface area contributed by atoms with Crippen LogP contribution < -0.4 is 5.32 Å². The molecule has 2 aromatic carbocycles. The van der Waals surface area contributed by atoms with Gasteiger partial charge in [-0.05, 0) is 55.9 Å². The van der Waals surface area contributed by atoms with Crippen LogP contribution in [0.3, 0.4) is 0 Å². The SMILES string of the molecule is COC(=O)c1cc(F)cc(C)c1NC(=O)C[N+]1(CC(=O)OCc2ccccc2)CCCCCC1. The third-order valence-electron chi connectivity index (χ3n) is 6.17. The Hall–Kier alpha value is -3.26. The number of hydrogen-bond acceptors (Lipinski definition) is 5. The molecule has 1 N–H and O–H groups in total. The Morgan fingerprint density at radius 2 is 1.68 bits per heavy atom. The number of halogens is 1. The van der Waals surface area contributed by atoms with E-state index in [1.54, 1.807) is 6.92 Å². The number of benzene rings is 2. The van der Waals surface area contributed by atoms with Crippen molar-refractivity contribution in [1.82, 2.24) is 0 Å². The molecule has 1 fully saturated rings. The van der Waals surface area contributed by atoms with Gasteiger partial charge in [-0.2, -0.15) is 0 Å². The highest BCUT2D eigenvalue weighted by atomic mass is 19.1. The van der Waals surface area contributed by atoms with E-state index in [-0.39, 0.29) is 47.3 Å². The number of amides is 1. The third-order valence-corrected chi connectivity index (χ3v) is 6.17. The summed E-state index contributed by atoms with van der Waals surface area (Å²) in [5.74, 6) is -2.03. The minimum atomic E-state index is -0.735. The lowest BCUT2D eigenvalue weighted by atomic mass is 10.1. The van der Waals surface area contributed by atoms with Crippen molar-refractivity contribution in [1.29, 1.82) is 0 Å². The van der Waals surface area contributed by atoms with Crippen molar-refractivity contribution >= 4 is 23.5 Å². The van der Waals surface area contributed by atoms with Crippen LogP contribution in [0.1, 0.15) is 47.2 Å². The van der Waals surface area contributed by atoms with Crippen LogP contribution in [0.15, 0.2) is 42.5 Å². The first-order valence-corrected chi connectivity index (χ1v) is 11.5. The molecule has 1 aliphatic heterocycles. The van der Waals surface area contributed by atoms with E-state index < -0.39 is 11.8 Å². The Balaban J connectivity index is 1.74. The number of aryl methyl sites for hydroxylation is 1. The maximum Gasteiger partial charge on any atom is 0.362 e. The third kappa shape index (κ3) is 6.87. The maximum atomic E-state index is 13.9. The standard InChI is InChI=1S/C26H31FN2O5/c1-19-14-21(27)15-22(26(32)33-2)25(19)28-23(30)16-29(12-8-3-4-9-13-29)17-24(31)34-18-20-10-6-5-7-11-20/h5-7,10-11,14-15H,3-4,8-9,12-13,16-18H2,1-2H3/p+1. The fourth-order valence-electron chi connectivity index (χ4n) is 4.45. The zero-order chi connectivity index (χ0) is 24.6. The number of nitrogens with one attached hydrogen (secondary N) is 1. The molecule has 0 atom stereocenters. The largest absolute Gasteiger partial charge is 0.465 e. The van der Waals surface area contributed by atoms with Gasteiger partial charge in [-0.25, -0.2) is 14.0 Å². The molecule has 1 saturated heterocycles. The normalized spacial score (nSPS) is 15.1. The van der Waals surface area contributed by atoms with Crippen molar-refractivity contribution in [3.05, 3.63) is 65.0 Å². The number of carbonyl (C=O) groups excluding carboxylic acids is 3. The first kappa shape index (κ1) is 25.4. The van der Waals surface area contributed by atoms with Crippen molar-refractivity contribution in [3.8, 4) is 0 Å². The molecule has 34 heavy (non-hydrogen) atoms. The molecular formula is C26H32FN2O5+. The van der Waals surface area contributed by atoms with Gasteiger partial charge in [0.05, 0.1) is 31.5 Å². The molecule has 1 amide bonds. The lowest BCUT2D eigenvalue weighted by molar-refractivity contribution is -0.913. The summed E-state index contributed by atoms with van der Waals surface area (Å²) < 4.78 is 24.4. The smallest absolute Gasteiger partial charge is 0.362 e. The Morgan fingerprint density at radius 1 is 1.00 bits per heavy atom. The van der Waals surface area contributed by atoms with Gasteiger partial charge in [0.15, 0.2) is 13.1 Å². The zero-order valence-electron chi connectivity index (χ0n) is 19.8. The number of carbonyl (C=O) groups is 3. The molecular weight excluding hydrogens is 439 g/mol. The van der Waals surface area contributed by atoms with Crippen molar-refractivity contribution in [2.24, 2.45) is 0 Å². The Labute approximate surface area is 199 Å². The summed E-state index contributed by atoms with van der Waals surface area (Å²) in [6.07, 6.45) is 3.90. The predicted octanol–water partition coefficient (Wildman–Crippen LogP) is 3.99. The summed E-state index contributed by atoms with van der Waals surface area (Å²) >= 11 is 0. The summed E-state index contributed by atoms with van der Waals surface area (Å²) in [5, 5.41) is 2.77. The molecule has 2 aromatic rings. The van der Waals surface area contributed by atoms with Crippen LogP contribution >= 0.6 is 0 Å². The second-order valence-corrected chi connectivity index (χ2v) is 8.85. The van der Waals surface area contributed by atoms with Crippen LogP contribution in [-0.4, -0.2) is 55.6 Å². The molecule has 0 bridgehead atoms. The molecule has 0 spiro atoms. The van der Waals surface area contributed by atoms with Gasteiger partial charge in [0.2, 0.25) is 0 Å². The molecule has 0 unspecified atom stereocenters. The summed E-state index contributed by atoms with van der Waals surface area (Å²) in [7, 11) is 1.20. The topological polar surface area (TPSA) is 81.7 Å². The number of anilines is 1. The summed E-state index contributed by atoms with van der Waals surface area (Å²) in [5.41, 5.74) is 1.49. The molecule has 182 valence electrons. The van der Waals surface area contributed by atoms with E-state index in [1.165, 1.54) is 13.2 Å². The number of esters is 2. The zero-order valence-corrected chi connectivity index (χ0v) is 19.8. The molecule has 8 heteroatoms. The molecule has 1 heterocycles. The molecule has 0 aliphatic carbocycles. The van der Waals surface area contributed by atoms with Crippen LogP contribution in [0.5, 0.6) is 0 Å². The van der Waals surface area contributed by atoms with E-state index in [0.717, 1.165) is 37.3 Å². The minimum Gasteiger partial charge on any atom is -0.465 e. The lowest BCUT2D eigenvalue weighted by Crippen LogP contribution is -2.55. The number of rotatable bonds is 8. The van der Waals surface area contributed by atoms with Crippen LogP contribution in [0.25, 0.3) is 0 Å². The number of quaternary nitrogens is 1. The molecule has 0 radical (unpaired) electrons. The van der Waals surface area contributed by atoms with E-state index in [2.05, 4.69) is 5.32 Å². The second kappa shape index (κ2) is 11.7. The highest BCUT2D eigenvalue weighted by Gasteiger charge is 2.35. The average Bonchev–Trinajstić information content (AvgIpc) is 3.04. The second-order valence-electron chi connectivity index (χ2n) is 8.85. The van der Waals surface area contributed by atoms with E-state index >= 15 is 0 Å². The van der Waals surface area contributed by atoms with Crippen molar-refractivity contribution in [2.45, 2.75) is 39.2 Å². The van der Waals surface area contributed by atoms with Gasteiger partial charge in [0.1, 0.15) is 12.4 Å². The maximum absolute atomic E-state index is 13.9. The Bertz CT molecular complexity index is 1020. The van der Waals surface area contributed by atoms with Gasteiger partial charge in [-0.15, -0.1) is 0 Å². The predicted molar refractivity (Wildman–Crippen MR) is 126 cm³/mol. The number of methoxy groups -OCH3 is 1. The summed E-state index contributed by atoms with van der Waals surface area (Å²) in [6, 6.07) is 11.7. The lowest BCUT2D eigenvalue weighted by Gasteiger charge is -2.36. The first-order valence-electron chi connectivity index (χ1n) is 11.5. The van der Waals surface area contributed by atoms with Crippen LogP contribution in [0.2, 0.25) is 0 Å². The summed E-state index contributed by atoms with van der Waals surface area (Å²) in [6.45, 7) is 3.30. The van der Waals surface area contributed by atoms with Crippen LogP contribution in [0, 0.1) is 12.7 Å². The van der Waals surface area contributed by atoms with E-state index in [4.69, 9.17) is 9.47 Å². The van der Waals surface area contributed by atoms with Gasteiger partial charge in [-0.1, -0.05) is 30.3 Å². The average molecular weight is 472 g/mol. The van der Waals surface area contributed by atoms with Crippen LogP contribution in [-0.2, 0) is 25.7 Å². The monoisotopic (exact) mass is 471 g/mol. The van der Waals surface area contributed by atoms with Gasteiger partial charge in [0.25, 0.3) is 5.91 Å². The fraction of sp³-hybridized carbons (Fsp3) is 0.423. The van der Waals surface area contributed by atoms with Crippen LogP contribution in [0.4, 0.5) is 10.1 Å². The molecule has 0 aromatic heterocycles. The quantitative estimate of drug-likeness (QED) is 0.465. The van der Waals surface area contributed by atoms with Gasteiger partial charge >= 0.3 is 11.9 Å². The minimum absolute atomic E-state index is 0.0435. The van der Waals surface area contributed by atoms with Gasteiger partial charge in [-0.3, -0.25) is 4.79 Å². The fourth-order valence-corrected chi connectivity index (χ4v) is 4.45. The highest BCUT2D eigenvalue weighted by molar-refractivity contribution is 6.02. The van der Waals surface area contributed by atoms with E-state index in [0.29, 0.717) is 18.7 Å². The Morgan fingerprint density at radius 3 is 2.32 bits per heavy atom. The molecule has 7 nitrogen and oxygen atoms in total. The number of hydrogen-bond donors (Lipinski definition) is 1. The number of ether oxygens (including phenoxy) is 2. The van der Waals surface area contributed by atoms with Gasteiger partial charge < -0.3 is 19.3 Å². The first-order chi connectivity index (χ1) is 16.3.